The zero-order valence-corrected chi connectivity index (χ0v) is 8.43. The third-order valence-electron chi connectivity index (χ3n) is 1.54. The first-order valence-corrected chi connectivity index (χ1v) is 4.42. The van der Waals surface area contributed by atoms with Gasteiger partial charge in [0.2, 0.25) is 0 Å². The van der Waals surface area contributed by atoms with Gasteiger partial charge in [0, 0.05) is 6.07 Å². The second-order valence-electron chi connectivity index (χ2n) is 2.67. The predicted molar refractivity (Wildman–Crippen MR) is 49.6 cm³/mol. The van der Waals surface area contributed by atoms with Gasteiger partial charge in [0.25, 0.3) is 0 Å². The fraction of sp³-hybridized carbons (Fsp3) is 0.250. The Labute approximate surface area is 93.4 Å². The second-order valence-corrected chi connectivity index (χ2v) is 2.93. The standard InChI is InChI=1S/C8H5ClF3N3O/c9-2-4-1-6(16-8(10,11)12)5(3-13)7(14)15-4/h1H,2H2,(H2,14,15). The van der Waals surface area contributed by atoms with E-state index in [0.717, 1.165) is 6.07 Å². The fourth-order valence-electron chi connectivity index (χ4n) is 0.979. The van der Waals surface area contributed by atoms with Gasteiger partial charge in [-0.2, -0.15) is 5.26 Å². The van der Waals surface area contributed by atoms with Crippen molar-refractivity contribution in [2.75, 3.05) is 5.73 Å². The predicted octanol–water partition coefficient (Wildman–Crippen LogP) is 2.17. The summed E-state index contributed by atoms with van der Waals surface area (Å²) < 4.78 is 39.6. The number of alkyl halides is 4. The summed E-state index contributed by atoms with van der Waals surface area (Å²) in [5.74, 6) is -1.18. The van der Waals surface area contributed by atoms with Crippen LogP contribution in [-0.2, 0) is 5.88 Å². The molecule has 86 valence electrons. The molecule has 1 rings (SSSR count). The van der Waals surface area contributed by atoms with Crippen LogP contribution in [0.25, 0.3) is 0 Å². The van der Waals surface area contributed by atoms with Gasteiger partial charge in [-0.1, -0.05) is 0 Å². The van der Waals surface area contributed by atoms with Crippen LogP contribution in [0.1, 0.15) is 11.3 Å². The van der Waals surface area contributed by atoms with Crippen molar-refractivity contribution in [3.63, 3.8) is 0 Å². The van der Waals surface area contributed by atoms with Gasteiger partial charge in [-0.05, 0) is 0 Å². The summed E-state index contributed by atoms with van der Waals surface area (Å²) in [6.45, 7) is 0. The van der Waals surface area contributed by atoms with Gasteiger partial charge >= 0.3 is 6.36 Å². The number of aromatic nitrogens is 1. The highest BCUT2D eigenvalue weighted by molar-refractivity contribution is 6.16. The van der Waals surface area contributed by atoms with Crippen LogP contribution in [0.15, 0.2) is 6.07 Å². The molecular formula is C8H5ClF3N3O. The minimum Gasteiger partial charge on any atom is -0.404 e. The van der Waals surface area contributed by atoms with Gasteiger partial charge in [0.15, 0.2) is 5.75 Å². The lowest BCUT2D eigenvalue weighted by atomic mass is 10.2. The average molecular weight is 252 g/mol. The van der Waals surface area contributed by atoms with E-state index in [0.29, 0.717) is 0 Å². The van der Waals surface area contributed by atoms with E-state index in [1.165, 1.54) is 6.07 Å². The van der Waals surface area contributed by atoms with Crippen LogP contribution in [0.3, 0.4) is 0 Å². The van der Waals surface area contributed by atoms with E-state index in [1.54, 1.807) is 0 Å². The first-order valence-electron chi connectivity index (χ1n) is 3.88. The SMILES string of the molecule is N#Cc1c(OC(F)(F)F)cc(CCl)nc1N. The third kappa shape index (κ3) is 2.90. The Balaban J connectivity index is 3.25. The molecule has 0 aliphatic carbocycles. The number of pyridine rings is 1. The van der Waals surface area contributed by atoms with Crippen molar-refractivity contribution in [1.82, 2.24) is 4.98 Å². The number of hydrogen-bond acceptors (Lipinski definition) is 4. The molecule has 0 saturated heterocycles. The highest BCUT2D eigenvalue weighted by Crippen LogP contribution is 2.29. The molecule has 0 radical (unpaired) electrons. The molecule has 0 unspecified atom stereocenters. The van der Waals surface area contributed by atoms with Gasteiger partial charge in [-0.3, -0.25) is 0 Å². The number of nitrogens with two attached hydrogens (primary N) is 1. The Kier molecular flexibility index (Phi) is 3.44. The lowest BCUT2D eigenvalue weighted by Crippen LogP contribution is -2.18. The van der Waals surface area contributed by atoms with Crippen molar-refractivity contribution >= 4 is 17.4 Å². The molecule has 1 aromatic heterocycles. The molecule has 8 heteroatoms. The van der Waals surface area contributed by atoms with Gasteiger partial charge in [-0.15, -0.1) is 24.8 Å². The lowest BCUT2D eigenvalue weighted by molar-refractivity contribution is -0.274. The van der Waals surface area contributed by atoms with Crippen LogP contribution in [0.4, 0.5) is 19.0 Å². The lowest BCUT2D eigenvalue weighted by Gasteiger charge is -2.11. The zero-order valence-electron chi connectivity index (χ0n) is 7.68. The minimum absolute atomic E-state index is 0.0948. The highest BCUT2D eigenvalue weighted by atomic mass is 35.5. The number of rotatable bonds is 2. The van der Waals surface area contributed by atoms with E-state index >= 15 is 0 Å². The summed E-state index contributed by atoms with van der Waals surface area (Å²) in [5.41, 5.74) is 4.92. The summed E-state index contributed by atoms with van der Waals surface area (Å²) in [6.07, 6.45) is -4.90. The van der Waals surface area contributed by atoms with E-state index in [1.807, 2.05) is 0 Å². The van der Waals surface area contributed by atoms with Crippen LogP contribution in [0.5, 0.6) is 5.75 Å². The van der Waals surface area contributed by atoms with Crippen molar-refractivity contribution in [1.29, 1.82) is 5.26 Å². The topological polar surface area (TPSA) is 71.9 Å². The molecular weight excluding hydrogens is 247 g/mol. The number of nitrogens with zero attached hydrogens (tertiary/aromatic N) is 2. The first kappa shape index (κ1) is 12.4. The maximum absolute atomic E-state index is 12.0. The molecule has 2 N–H and O–H groups in total. The zero-order chi connectivity index (χ0) is 12.3. The van der Waals surface area contributed by atoms with Crippen LogP contribution in [0.2, 0.25) is 0 Å². The molecule has 0 amide bonds. The summed E-state index contributed by atoms with van der Waals surface area (Å²) in [6, 6.07) is 2.41. The molecule has 0 aliphatic heterocycles. The number of halogens is 4. The molecule has 16 heavy (non-hydrogen) atoms. The van der Waals surface area contributed by atoms with Gasteiger partial charge in [0.1, 0.15) is 17.5 Å². The average Bonchev–Trinajstić information content (AvgIpc) is 2.14. The highest BCUT2D eigenvalue weighted by Gasteiger charge is 2.33. The first-order chi connectivity index (χ1) is 7.37. The molecule has 0 saturated carbocycles. The van der Waals surface area contributed by atoms with Crippen LogP contribution in [-0.4, -0.2) is 11.3 Å². The minimum atomic E-state index is -4.90. The Morgan fingerprint density at radius 1 is 1.56 bits per heavy atom. The maximum Gasteiger partial charge on any atom is 0.573 e. The second kappa shape index (κ2) is 4.45. The molecule has 0 fully saturated rings. The summed E-state index contributed by atoms with van der Waals surface area (Å²) in [4.78, 5) is 3.63. The van der Waals surface area contributed by atoms with Gasteiger partial charge in [0.05, 0.1) is 11.6 Å². The Morgan fingerprint density at radius 3 is 2.62 bits per heavy atom. The molecule has 1 heterocycles. The van der Waals surface area contributed by atoms with Crippen LogP contribution >= 0.6 is 11.6 Å². The monoisotopic (exact) mass is 251 g/mol. The summed E-state index contributed by atoms with van der Waals surface area (Å²) in [5, 5.41) is 8.61. The van der Waals surface area contributed by atoms with Gasteiger partial charge in [-0.25, -0.2) is 4.98 Å². The van der Waals surface area contributed by atoms with E-state index in [2.05, 4.69) is 9.72 Å². The van der Waals surface area contributed by atoms with Crippen molar-refractivity contribution in [3.05, 3.63) is 17.3 Å². The summed E-state index contributed by atoms with van der Waals surface area (Å²) >= 11 is 5.40. The number of anilines is 1. The number of nitriles is 1. The van der Waals surface area contributed by atoms with Crippen molar-refractivity contribution in [3.8, 4) is 11.8 Å². The van der Waals surface area contributed by atoms with Crippen LogP contribution < -0.4 is 10.5 Å². The maximum atomic E-state index is 12.0. The molecule has 0 spiro atoms. The molecule has 0 bridgehead atoms. The Morgan fingerprint density at radius 2 is 2.19 bits per heavy atom. The number of nitrogen functional groups attached to an aromatic ring is 1. The van der Waals surface area contributed by atoms with E-state index < -0.39 is 17.7 Å². The Bertz CT molecular complexity index is 441. The van der Waals surface area contributed by atoms with Gasteiger partial charge < -0.3 is 10.5 Å². The van der Waals surface area contributed by atoms with Crippen molar-refractivity contribution < 1.29 is 17.9 Å². The molecule has 0 aliphatic rings. The normalized spacial score (nSPS) is 10.9. The Hall–Kier alpha value is -1.68. The number of hydrogen-bond donors (Lipinski definition) is 1. The molecule has 4 nitrogen and oxygen atoms in total. The number of ether oxygens (including phenoxy) is 1. The fourth-order valence-corrected chi connectivity index (χ4v) is 1.12. The molecule has 0 atom stereocenters. The quantitative estimate of drug-likeness (QED) is 0.818. The smallest absolute Gasteiger partial charge is 0.404 e. The van der Waals surface area contributed by atoms with E-state index in [9.17, 15) is 13.2 Å². The molecule has 0 aromatic carbocycles. The van der Waals surface area contributed by atoms with E-state index in [-0.39, 0.29) is 17.4 Å². The van der Waals surface area contributed by atoms with Crippen molar-refractivity contribution in [2.45, 2.75) is 12.2 Å². The van der Waals surface area contributed by atoms with Crippen LogP contribution in [0, 0.1) is 11.3 Å². The summed E-state index contributed by atoms with van der Waals surface area (Å²) in [7, 11) is 0. The van der Waals surface area contributed by atoms with E-state index in [4.69, 9.17) is 22.6 Å². The van der Waals surface area contributed by atoms with Crippen molar-refractivity contribution in [2.24, 2.45) is 0 Å². The largest absolute Gasteiger partial charge is 0.573 e. The third-order valence-corrected chi connectivity index (χ3v) is 1.81. The molecule has 1 aromatic rings.